The van der Waals surface area contributed by atoms with E-state index in [0.717, 1.165) is 30.7 Å². The van der Waals surface area contributed by atoms with Gasteiger partial charge in [0.15, 0.2) is 0 Å². The van der Waals surface area contributed by atoms with Crippen LogP contribution in [0.3, 0.4) is 0 Å². The quantitative estimate of drug-likeness (QED) is 0.689. The van der Waals surface area contributed by atoms with Crippen molar-refractivity contribution in [2.75, 3.05) is 27.2 Å². The first-order valence-corrected chi connectivity index (χ1v) is 11.5. The smallest absolute Gasteiger partial charge is 0.246 e. The van der Waals surface area contributed by atoms with Gasteiger partial charge in [0.1, 0.15) is 10.6 Å². The Labute approximate surface area is 174 Å². The summed E-state index contributed by atoms with van der Waals surface area (Å²) in [7, 11) is 0.143. The molecule has 1 aromatic heterocycles. The largest absolute Gasteiger partial charge is 0.497 e. The predicted molar refractivity (Wildman–Crippen MR) is 113 cm³/mol. The highest BCUT2D eigenvalue weighted by Gasteiger charge is 2.33. The first-order valence-electron chi connectivity index (χ1n) is 10.1. The van der Waals surface area contributed by atoms with Crippen molar-refractivity contribution in [3.8, 4) is 5.75 Å². The van der Waals surface area contributed by atoms with E-state index in [4.69, 9.17) is 4.74 Å². The van der Waals surface area contributed by atoms with Crippen LogP contribution in [-0.4, -0.2) is 54.7 Å². The molecule has 8 heteroatoms. The van der Waals surface area contributed by atoms with Gasteiger partial charge < -0.3 is 4.74 Å². The fourth-order valence-electron chi connectivity index (χ4n) is 3.87. The monoisotopic (exact) mass is 420 g/mol. The molecular weight excluding hydrogens is 388 g/mol. The molecule has 2 aromatic rings. The zero-order valence-corrected chi connectivity index (χ0v) is 18.9. The lowest BCUT2D eigenvalue weighted by Gasteiger charge is -2.29. The third kappa shape index (κ3) is 4.82. The highest BCUT2D eigenvalue weighted by atomic mass is 32.2. The molecule has 0 bridgehead atoms. The molecule has 2 heterocycles. The second kappa shape index (κ2) is 8.85. The molecular formula is C21H32N4O3S. The van der Waals surface area contributed by atoms with Crippen molar-refractivity contribution >= 4 is 10.0 Å². The number of hydrogen-bond donors (Lipinski definition) is 0. The Morgan fingerprint density at radius 1 is 1.17 bits per heavy atom. The number of rotatable bonds is 7. The molecule has 0 atom stereocenters. The third-order valence-corrected chi connectivity index (χ3v) is 7.79. The van der Waals surface area contributed by atoms with Crippen molar-refractivity contribution in [1.82, 2.24) is 19.0 Å². The molecule has 1 fully saturated rings. The van der Waals surface area contributed by atoms with Crippen LogP contribution in [0.15, 0.2) is 29.2 Å². The Kier molecular flexibility index (Phi) is 6.65. The third-order valence-electron chi connectivity index (χ3n) is 5.64. The first-order chi connectivity index (χ1) is 13.7. The highest BCUT2D eigenvalue weighted by molar-refractivity contribution is 7.89. The van der Waals surface area contributed by atoms with Crippen LogP contribution in [0.1, 0.15) is 36.7 Å². The zero-order chi connectivity index (χ0) is 21.2. The van der Waals surface area contributed by atoms with Crippen LogP contribution in [0.5, 0.6) is 5.75 Å². The summed E-state index contributed by atoms with van der Waals surface area (Å²) in [4.78, 5) is 2.48. The molecule has 0 spiro atoms. The topological polar surface area (TPSA) is 67.7 Å². The fraction of sp³-hybridized carbons (Fsp3) is 0.571. The van der Waals surface area contributed by atoms with E-state index in [0.29, 0.717) is 42.0 Å². The van der Waals surface area contributed by atoms with Crippen LogP contribution in [0.2, 0.25) is 0 Å². The Hall–Kier alpha value is -1.90. The van der Waals surface area contributed by atoms with E-state index in [-0.39, 0.29) is 0 Å². The number of piperidine rings is 1. The number of aryl methyl sites for hydroxylation is 1. The van der Waals surface area contributed by atoms with Gasteiger partial charge in [-0.3, -0.25) is 9.58 Å². The Morgan fingerprint density at radius 3 is 2.38 bits per heavy atom. The maximum absolute atomic E-state index is 13.2. The van der Waals surface area contributed by atoms with E-state index in [1.54, 1.807) is 23.0 Å². The number of nitrogens with zero attached hydrogens (tertiary/aromatic N) is 4. The van der Waals surface area contributed by atoms with Gasteiger partial charge in [-0.05, 0) is 57.4 Å². The van der Waals surface area contributed by atoms with E-state index < -0.39 is 10.0 Å². The summed E-state index contributed by atoms with van der Waals surface area (Å²) in [6.07, 6.45) is 1.83. The lowest BCUT2D eigenvalue weighted by atomic mass is 10.0. The molecule has 0 unspecified atom stereocenters. The van der Waals surface area contributed by atoms with Gasteiger partial charge in [-0.25, -0.2) is 8.42 Å². The maximum atomic E-state index is 13.2. The van der Waals surface area contributed by atoms with Crippen LogP contribution in [-0.2, 0) is 23.2 Å². The first kappa shape index (κ1) is 21.8. The van der Waals surface area contributed by atoms with Gasteiger partial charge in [-0.1, -0.05) is 19.1 Å². The van der Waals surface area contributed by atoms with Crippen LogP contribution >= 0.6 is 0 Å². The van der Waals surface area contributed by atoms with Gasteiger partial charge in [0, 0.05) is 19.6 Å². The Balaban J connectivity index is 1.74. The zero-order valence-electron chi connectivity index (χ0n) is 18.1. The van der Waals surface area contributed by atoms with Crippen molar-refractivity contribution in [3.05, 3.63) is 41.2 Å². The van der Waals surface area contributed by atoms with Crippen molar-refractivity contribution < 1.29 is 13.2 Å². The number of hydrogen-bond acceptors (Lipinski definition) is 5. The summed E-state index contributed by atoms with van der Waals surface area (Å²) >= 11 is 0. The average molecular weight is 421 g/mol. The summed E-state index contributed by atoms with van der Waals surface area (Å²) < 4.78 is 35.1. The van der Waals surface area contributed by atoms with Crippen molar-refractivity contribution in [3.63, 3.8) is 0 Å². The second-order valence-corrected chi connectivity index (χ2v) is 9.96. The molecule has 160 valence electrons. The number of benzene rings is 1. The van der Waals surface area contributed by atoms with Crippen LogP contribution in [0.4, 0.5) is 0 Å². The number of ether oxygens (including phenoxy) is 1. The van der Waals surface area contributed by atoms with Crippen LogP contribution in [0.25, 0.3) is 0 Å². The Morgan fingerprint density at radius 2 is 1.79 bits per heavy atom. The summed E-state index contributed by atoms with van der Waals surface area (Å²) in [5, 5.41) is 4.54. The van der Waals surface area contributed by atoms with Crippen LogP contribution in [0, 0.1) is 19.8 Å². The predicted octanol–water partition coefficient (Wildman–Crippen LogP) is 3.02. The van der Waals surface area contributed by atoms with Gasteiger partial charge in [-0.2, -0.15) is 9.40 Å². The molecule has 0 N–H and O–H groups in total. The number of aromatic nitrogens is 2. The standard InChI is InChI=1S/C21H32N4O3S/c1-16-10-12-24(13-11-16)29(26,27)21-17(2)22-25(18(21)3)15-23(4)14-19-6-8-20(28-5)9-7-19/h6-9,16H,10-15H2,1-5H3. The van der Waals surface area contributed by atoms with Gasteiger partial charge in [0.2, 0.25) is 10.0 Å². The maximum Gasteiger partial charge on any atom is 0.246 e. The molecule has 1 saturated heterocycles. The molecule has 3 rings (SSSR count). The van der Waals surface area contributed by atoms with Gasteiger partial charge in [0.25, 0.3) is 0 Å². The number of sulfonamides is 1. The molecule has 1 aliphatic rings. The molecule has 1 aromatic carbocycles. The SMILES string of the molecule is COc1ccc(CN(C)Cn2nc(C)c(S(=O)(=O)N3CCC(C)CC3)c2C)cc1. The van der Waals surface area contributed by atoms with E-state index in [2.05, 4.69) is 16.9 Å². The molecule has 0 radical (unpaired) electrons. The summed E-state index contributed by atoms with van der Waals surface area (Å²) in [6, 6.07) is 7.95. The van der Waals surface area contributed by atoms with Crippen molar-refractivity contribution in [1.29, 1.82) is 0 Å². The lowest BCUT2D eigenvalue weighted by Crippen LogP contribution is -2.38. The van der Waals surface area contributed by atoms with Crippen molar-refractivity contribution in [2.24, 2.45) is 5.92 Å². The van der Waals surface area contributed by atoms with E-state index in [1.165, 1.54) is 0 Å². The van der Waals surface area contributed by atoms with Gasteiger partial charge in [0.05, 0.1) is 25.2 Å². The minimum absolute atomic E-state index is 0.366. The van der Waals surface area contributed by atoms with E-state index >= 15 is 0 Å². The van der Waals surface area contributed by atoms with Gasteiger partial charge in [-0.15, -0.1) is 0 Å². The van der Waals surface area contributed by atoms with E-state index in [1.807, 2.05) is 38.2 Å². The van der Waals surface area contributed by atoms with E-state index in [9.17, 15) is 8.42 Å². The molecule has 1 aliphatic heterocycles. The Bertz CT molecular complexity index is 930. The molecule has 0 amide bonds. The fourth-order valence-corrected chi connectivity index (χ4v) is 5.71. The van der Waals surface area contributed by atoms with Crippen LogP contribution < -0.4 is 4.74 Å². The summed E-state index contributed by atoms with van der Waals surface area (Å²) in [6.45, 7) is 8.24. The summed E-state index contributed by atoms with van der Waals surface area (Å²) in [5.41, 5.74) is 2.42. The van der Waals surface area contributed by atoms with Gasteiger partial charge >= 0.3 is 0 Å². The molecule has 0 saturated carbocycles. The minimum atomic E-state index is -3.51. The molecule has 0 aliphatic carbocycles. The normalized spacial score (nSPS) is 16.5. The number of methoxy groups -OCH3 is 1. The summed E-state index contributed by atoms with van der Waals surface area (Å²) in [5.74, 6) is 1.41. The second-order valence-electron chi connectivity index (χ2n) is 8.09. The van der Waals surface area contributed by atoms with Crippen molar-refractivity contribution in [2.45, 2.75) is 51.7 Å². The lowest BCUT2D eigenvalue weighted by molar-refractivity contribution is 0.243. The molecule has 7 nitrogen and oxygen atoms in total. The minimum Gasteiger partial charge on any atom is -0.497 e. The average Bonchev–Trinajstić information content (AvgIpc) is 2.96. The molecule has 29 heavy (non-hydrogen) atoms. The highest BCUT2D eigenvalue weighted by Crippen LogP contribution is 2.27.